The average Bonchev–Trinajstić information content (AvgIpc) is 2.35. The Morgan fingerprint density at radius 2 is 1.65 bits per heavy atom. The fourth-order valence-electron chi connectivity index (χ4n) is 2.20. The Morgan fingerprint density at radius 1 is 1.10 bits per heavy atom. The Labute approximate surface area is 123 Å². The van der Waals surface area contributed by atoms with Gasteiger partial charge < -0.3 is 10.3 Å². The van der Waals surface area contributed by atoms with E-state index in [0.717, 1.165) is 18.5 Å². The van der Waals surface area contributed by atoms with Gasteiger partial charge in [-0.05, 0) is 57.4 Å². The van der Waals surface area contributed by atoms with Crippen molar-refractivity contribution in [2.45, 2.75) is 34.1 Å². The Kier molecular flexibility index (Phi) is 5.75. The van der Waals surface area contributed by atoms with Crippen molar-refractivity contribution in [3.63, 3.8) is 0 Å². The zero-order chi connectivity index (χ0) is 15.3. The summed E-state index contributed by atoms with van der Waals surface area (Å²) in [7, 11) is 2.07. The van der Waals surface area contributed by atoms with Crippen molar-refractivity contribution in [3.05, 3.63) is 53.1 Å². The number of anilines is 1. The lowest BCUT2D eigenvalue weighted by Crippen LogP contribution is -2.23. The summed E-state index contributed by atoms with van der Waals surface area (Å²) in [5.74, 6) is 0. The third-order valence-electron chi connectivity index (χ3n) is 3.33. The standard InChI is InChI=1S/C18H26N2/c1-13(2)11-16-7-9-17(10-8-16)20(6)12-18(14(3)4)15(5)19/h7-10,19H,1,11-12H2,2-6H3. The number of likely N-dealkylation sites (N-methyl/N-ethyl adjacent to an activating group) is 1. The smallest absolute Gasteiger partial charge is 0.0443 e. The molecule has 0 bridgehead atoms. The van der Waals surface area contributed by atoms with Crippen LogP contribution in [0.2, 0.25) is 0 Å². The minimum atomic E-state index is 0.649. The molecule has 0 heterocycles. The van der Waals surface area contributed by atoms with Gasteiger partial charge in [0, 0.05) is 25.0 Å². The van der Waals surface area contributed by atoms with E-state index >= 15 is 0 Å². The average molecular weight is 270 g/mol. The summed E-state index contributed by atoms with van der Waals surface area (Å²) in [6.07, 6.45) is 0.933. The molecule has 1 N–H and O–H groups in total. The van der Waals surface area contributed by atoms with Crippen LogP contribution >= 0.6 is 0 Å². The molecule has 0 aromatic heterocycles. The van der Waals surface area contributed by atoms with Crippen LogP contribution in [0.4, 0.5) is 5.69 Å². The number of rotatable bonds is 6. The van der Waals surface area contributed by atoms with Crippen molar-refractivity contribution in [1.29, 1.82) is 5.41 Å². The van der Waals surface area contributed by atoms with Crippen LogP contribution in [0.25, 0.3) is 0 Å². The predicted octanol–water partition coefficient (Wildman–Crippen LogP) is 4.62. The molecular weight excluding hydrogens is 244 g/mol. The molecule has 1 aromatic carbocycles. The number of allylic oxidation sites excluding steroid dienone is 2. The molecule has 0 amide bonds. The van der Waals surface area contributed by atoms with Crippen molar-refractivity contribution in [3.8, 4) is 0 Å². The number of hydrogen-bond acceptors (Lipinski definition) is 2. The van der Waals surface area contributed by atoms with E-state index in [1.54, 1.807) is 0 Å². The van der Waals surface area contributed by atoms with Gasteiger partial charge in [-0.1, -0.05) is 29.9 Å². The van der Waals surface area contributed by atoms with E-state index in [-0.39, 0.29) is 0 Å². The molecule has 0 aliphatic heterocycles. The van der Waals surface area contributed by atoms with Crippen LogP contribution in [0.1, 0.15) is 33.3 Å². The SMILES string of the molecule is C=C(C)Cc1ccc(N(C)CC(C(C)=N)=C(C)C)cc1. The van der Waals surface area contributed by atoms with Gasteiger partial charge >= 0.3 is 0 Å². The van der Waals surface area contributed by atoms with Gasteiger partial charge in [0.2, 0.25) is 0 Å². The second-order valence-corrected chi connectivity index (χ2v) is 5.76. The van der Waals surface area contributed by atoms with Crippen molar-refractivity contribution in [1.82, 2.24) is 0 Å². The summed E-state index contributed by atoms with van der Waals surface area (Å²) in [5, 5.41) is 7.85. The Bertz CT molecular complexity index is 517. The highest BCUT2D eigenvalue weighted by Crippen LogP contribution is 2.18. The van der Waals surface area contributed by atoms with Crippen LogP contribution in [0.5, 0.6) is 0 Å². The maximum Gasteiger partial charge on any atom is 0.0443 e. The summed E-state index contributed by atoms with van der Waals surface area (Å²) < 4.78 is 0. The number of nitrogens with one attached hydrogen (secondary N) is 1. The third kappa shape index (κ3) is 4.69. The highest BCUT2D eigenvalue weighted by Gasteiger charge is 2.08. The molecule has 0 aliphatic rings. The Balaban J connectivity index is 2.82. The van der Waals surface area contributed by atoms with Gasteiger partial charge in [-0.25, -0.2) is 0 Å². The van der Waals surface area contributed by atoms with Gasteiger partial charge in [-0.15, -0.1) is 0 Å². The predicted molar refractivity (Wildman–Crippen MR) is 90.0 cm³/mol. The van der Waals surface area contributed by atoms with E-state index in [1.807, 2.05) is 13.8 Å². The molecule has 0 spiro atoms. The molecule has 0 aliphatic carbocycles. The van der Waals surface area contributed by atoms with Gasteiger partial charge in [0.15, 0.2) is 0 Å². The minimum Gasteiger partial charge on any atom is -0.370 e. The normalized spacial score (nSPS) is 10.1. The van der Waals surface area contributed by atoms with Crippen LogP contribution in [-0.2, 0) is 6.42 Å². The van der Waals surface area contributed by atoms with E-state index < -0.39 is 0 Å². The van der Waals surface area contributed by atoms with E-state index in [2.05, 4.69) is 56.6 Å². The van der Waals surface area contributed by atoms with Gasteiger partial charge in [-0.2, -0.15) is 0 Å². The van der Waals surface area contributed by atoms with Crippen LogP contribution in [0.3, 0.4) is 0 Å². The topological polar surface area (TPSA) is 27.1 Å². The highest BCUT2D eigenvalue weighted by molar-refractivity contribution is 5.97. The van der Waals surface area contributed by atoms with E-state index in [4.69, 9.17) is 5.41 Å². The first-order chi connectivity index (χ1) is 9.31. The second-order valence-electron chi connectivity index (χ2n) is 5.76. The second kappa shape index (κ2) is 7.09. The molecule has 0 saturated heterocycles. The molecule has 1 aromatic rings. The maximum atomic E-state index is 7.85. The van der Waals surface area contributed by atoms with Crippen LogP contribution in [-0.4, -0.2) is 19.3 Å². The molecule has 20 heavy (non-hydrogen) atoms. The van der Waals surface area contributed by atoms with Gasteiger partial charge in [0.1, 0.15) is 0 Å². The van der Waals surface area contributed by atoms with Crippen LogP contribution in [0.15, 0.2) is 47.6 Å². The number of benzene rings is 1. The van der Waals surface area contributed by atoms with Gasteiger partial charge in [0.25, 0.3) is 0 Å². The van der Waals surface area contributed by atoms with E-state index in [1.165, 1.54) is 22.4 Å². The fourth-order valence-corrected chi connectivity index (χ4v) is 2.20. The summed E-state index contributed by atoms with van der Waals surface area (Å²) >= 11 is 0. The molecule has 0 unspecified atom stereocenters. The quantitative estimate of drug-likeness (QED) is 0.593. The first kappa shape index (κ1) is 16.2. The molecule has 0 atom stereocenters. The Hall–Kier alpha value is -1.83. The summed E-state index contributed by atoms with van der Waals surface area (Å²) in [6, 6.07) is 8.58. The summed E-state index contributed by atoms with van der Waals surface area (Å²) in [6.45, 7) is 12.8. The highest BCUT2D eigenvalue weighted by atomic mass is 15.1. The van der Waals surface area contributed by atoms with Crippen molar-refractivity contribution in [2.24, 2.45) is 0 Å². The molecule has 1 rings (SSSR count). The molecule has 0 saturated carbocycles. The van der Waals surface area contributed by atoms with Crippen molar-refractivity contribution >= 4 is 11.4 Å². The molecule has 2 heteroatoms. The largest absolute Gasteiger partial charge is 0.370 e. The molecular formula is C18H26N2. The molecule has 108 valence electrons. The first-order valence-corrected chi connectivity index (χ1v) is 6.97. The summed E-state index contributed by atoms with van der Waals surface area (Å²) in [4.78, 5) is 2.19. The lowest BCUT2D eigenvalue weighted by molar-refractivity contribution is 0.990. The summed E-state index contributed by atoms with van der Waals surface area (Å²) in [5.41, 5.74) is 6.62. The number of nitrogens with zero attached hydrogens (tertiary/aromatic N) is 1. The van der Waals surface area contributed by atoms with E-state index in [9.17, 15) is 0 Å². The van der Waals surface area contributed by atoms with Crippen LogP contribution in [0, 0.1) is 5.41 Å². The molecule has 2 nitrogen and oxygen atoms in total. The lowest BCUT2D eigenvalue weighted by atomic mass is 10.0. The maximum absolute atomic E-state index is 7.85. The van der Waals surface area contributed by atoms with Crippen molar-refractivity contribution in [2.75, 3.05) is 18.5 Å². The van der Waals surface area contributed by atoms with Crippen LogP contribution < -0.4 is 4.90 Å². The third-order valence-corrected chi connectivity index (χ3v) is 3.33. The minimum absolute atomic E-state index is 0.649. The van der Waals surface area contributed by atoms with Crippen molar-refractivity contribution < 1.29 is 0 Å². The lowest BCUT2D eigenvalue weighted by Gasteiger charge is -2.22. The Morgan fingerprint density at radius 3 is 2.05 bits per heavy atom. The fraction of sp³-hybridized carbons (Fsp3) is 0.389. The zero-order valence-corrected chi connectivity index (χ0v) is 13.4. The first-order valence-electron chi connectivity index (χ1n) is 6.97. The van der Waals surface area contributed by atoms with E-state index in [0.29, 0.717) is 5.71 Å². The molecule has 0 fully saturated rings. The zero-order valence-electron chi connectivity index (χ0n) is 13.4. The van der Waals surface area contributed by atoms with Gasteiger partial charge in [0.05, 0.1) is 0 Å². The number of hydrogen-bond donors (Lipinski definition) is 1. The monoisotopic (exact) mass is 270 g/mol. The van der Waals surface area contributed by atoms with Gasteiger partial charge in [-0.3, -0.25) is 0 Å². The molecule has 0 radical (unpaired) electrons.